The van der Waals surface area contributed by atoms with Crippen LogP contribution in [-0.2, 0) is 5.41 Å². The molecule has 1 atom stereocenters. The molecule has 0 fully saturated rings. The Bertz CT molecular complexity index is 294. The van der Waals surface area contributed by atoms with E-state index < -0.39 is 0 Å². The minimum Gasteiger partial charge on any atom is -0.361 e. The van der Waals surface area contributed by atoms with E-state index in [1.807, 2.05) is 0 Å². The zero-order valence-corrected chi connectivity index (χ0v) is 10.1. The van der Waals surface area contributed by atoms with Gasteiger partial charge in [0.15, 0.2) is 0 Å². The van der Waals surface area contributed by atoms with Gasteiger partial charge < -0.3 is 4.52 Å². The normalized spacial score (nSPS) is 14.8. The van der Waals surface area contributed by atoms with Crippen molar-refractivity contribution in [3.05, 3.63) is 17.5 Å². The molecule has 0 aliphatic rings. The molecule has 0 radical (unpaired) electrons. The number of aromatic nitrogens is 1. The van der Waals surface area contributed by atoms with Gasteiger partial charge in [-0.3, -0.25) is 0 Å². The summed E-state index contributed by atoms with van der Waals surface area (Å²) in [5.41, 5.74) is 1.13. The predicted octanol–water partition coefficient (Wildman–Crippen LogP) is 3.73. The van der Waals surface area contributed by atoms with Gasteiger partial charge in [-0.1, -0.05) is 46.7 Å². The molecule has 0 bridgehead atoms. The van der Waals surface area contributed by atoms with Gasteiger partial charge in [-0.2, -0.15) is 0 Å². The van der Waals surface area contributed by atoms with Crippen LogP contribution in [0.4, 0.5) is 0 Å². The van der Waals surface area contributed by atoms with Crippen LogP contribution in [0.25, 0.3) is 0 Å². The van der Waals surface area contributed by atoms with Crippen LogP contribution in [-0.4, -0.2) is 5.16 Å². The molecule has 2 nitrogen and oxygen atoms in total. The lowest BCUT2D eigenvalue weighted by molar-refractivity contribution is 0.321. The molecule has 1 aromatic heterocycles. The van der Waals surface area contributed by atoms with Crippen LogP contribution in [0.2, 0.25) is 0 Å². The van der Waals surface area contributed by atoms with E-state index in [1.54, 1.807) is 0 Å². The van der Waals surface area contributed by atoms with Crippen molar-refractivity contribution in [2.45, 2.75) is 52.9 Å². The van der Waals surface area contributed by atoms with E-state index in [0.717, 1.165) is 11.5 Å². The fourth-order valence-corrected chi connectivity index (χ4v) is 1.20. The Morgan fingerprint density at radius 1 is 1.21 bits per heavy atom. The fourth-order valence-electron chi connectivity index (χ4n) is 1.20. The minimum atomic E-state index is 0.0575. The first-order valence-corrected chi connectivity index (χ1v) is 5.29. The van der Waals surface area contributed by atoms with Crippen LogP contribution in [0.15, 0.2) is 10.6 Å². The summed E-state index contributed by atoms with van der Waals surface area (Å²) < 4.78 is 5.35. The molecule has 0 saturated heterocycles. The summed E-state index contributed by atoms with van der Waals surface area (Å²) in [6.45, 7) is 13.0. The first kappa shape index (κ1) is 11.3. The van der Waals surface area contributed by atoms with Gasteiger partial charge in [0.25, 0.3) is 0 Å². The molecule has 2 heteroatoms. The number of nitrogens with zero attached hydrogens (tertiary/aromatic N) is 1. The second kappa shape index (κ2) is 3.76. The molecule has 0 aliphatic heterocycles. The van der Waals surface area contributed by atoms with Crippen LogP contribution < -0.4 is 0 Å². The van der Waals surface area contributed by atoms with Gasteiger partial charge in [0.05, 0.1) is 5.69 Å². The van der Waals surface area contributed by atoms with Crippen LogP contribution in [0.1, 0.15) is 58.9 Å². The lowest BCUT2D eigenvalue weighted by Crippen LogP contribution is -2.09. The summed E-state index contributed by atoms with van der Waals surface area (Å²) >= 11 is 0. The van der Waals surface area contributed by atoms with Crippen LogP contribution in [0.3, 0.4) is 0 Å². The summed E-state index contributed by atoms with van der Waals surface area (Å²) in [5, 5.41) is 4.13. The molecular weight excluding hydrogens is 174 g/mol. The zero-order chi connectivity index (χ0) is 10.9. The number of hydrogen-bond donors (Lipinski definition) is 0. The minimum absolute atomic E-state index is 0.0575. The molecule has 14 heavy (non-hydrogen) atoms. The predicted molar refractivity (Wildman–Crippen MR) is 58.5 cm³/mol. The van der Waals surface area contributed by atoms with E-state index in [9.17, 15) is 0 Å². The molecule has 0 N–H and O–H groups in total. The van der Waals surface area contributed by atoms with Crippen molar-refractivity contribution in [1.29, 1.82) is 0 Å². The van der Waals surface area contributed by atoms with Crippen molar-refractivity contribution in [1.82, 2.24) is 5.16 Å². The molecule has 80 valence electrons. The highest BCUT2D eigenvalue weighted by Crippen LogP contribution is 2.28. The van der Waals surface area contributed by atoms with E-state index in [1.165, 1.54) is 0 Å². The monoisotopic (exact) mass is 195 g/mol. The van der Waals surface area contributed by atoms with Crippen molar-refractivity contribution < 1.29 is 4.52 Å². The molecule has 0 aliphatic carbocycles. The highest BCUT2D eigenvalue weighted by molar-refractivity contribution is 5.16. The van der Waals surface area contributed by atoms with E-state index in [2.05, 4.69) is 52.8 Å². The van der Waals surface area contributed by atoms with Gasteiger partial charge in [-0.05, 0) is 5.92 Å². The third-order valence-corrected chi connectivity index (χ3v) is 2.73. The summed E-state index contributed by atoms with van der Waals surface area (Å²) in [7, 11) is 0. The zero-order valence-electron chi connectivity index (χ0n) is 10.1. The second-order valence-corrected chi connectivity index (χ2v) is 5.40. The summed E-state index contributed by atoms with van der Waals surface area (Å²) in [6.07, 6.45) is 0. The molecule has 0 saturated carbocycles. The molecule has 0 amide bonds. The maximum Gasteiger partial charge on any atom is 0.142 e. The van der Waals surface area contributed by atoms with Crippen LogP contribution >= 0.6 is 0 Å². The van der Waals surface area contributed by atoms with Crippen molar-refractivity contribution in [2.75, 3.05) is 0 Å². The Kier molecular flexibility index (Phi) is 3.03. The van der Waals surface area contributed by atoms with Gasteiger partial charge in [0, 0.05) is 17.4 Å². The van der Waals surface area contributed by atoms with E-state index >= 15 is 0 Å². The van der Waals surface area contributed by atoms with Crippen LogP contribution in [0.5, 0.6) is 0 Å². The highest BCUT2D eigenvalue weighted by atomic mass is 16.5. The van der Waals surface area contributed by atoms with E-state index in [0.29, 0.717) is 11.8 Å². The van der Waals surface area contributed by atoms with Crippen LogP contribution in [0, 0.1) is 5.92 Å². The molecular formula is C12H21NO. The Morgan fingerprint density at radius 3 is 2.14 bits per heavy atom. The topological polar surface area (TPSA) is 26.0 Å². The SMILES string of the molecule is CC(C)[C@H](C)c1cc(C(C)(C)C)on1. The average molecular weight is 195 g/mol. The lowest BCUT2D eigenvalue weighted by atomic mass is 9.90. The summed E-state index contributed by atoms with van der Waals surface area (Å²) in [4.78, 5) is 0. The largest absolute Gasteiger partial charge is 0.361 e. The molecule has 1 rings (SSSR count). The maximum atomic E-state index is 5.35. The Hall–Kier alpha value is -0.790. The van der Waals surface area contributed by atoms with Crippen molar-refractivity contribution in [3.63, 3.8) is 0 Å². The standard InChI is InChI=1S/C12H21NO/c1-8(2)9(3)10-7-11(14-13-10)12(4,5)6/h7-9H,1-6H3/t9-/m0/s1. The van der Waals surface area contributed by atoms with Crippen molar-refractivity contribution >= 4 is 0 Å². The lowest BCUT2D eigenvalue weighted by Gasteiger charge is -2.13. The smallest absolute Gasteiger partial charge is 0.142 e. The molecule has 1 aromatic rings. The molecule has 0 spiro atoms. The van der Waals surface area contributed by atoms with Gasteiger partial charge in [-0.25, -0.2) is 0 Å². The molecule has 0 aromatic carbocycles. The van der Waals surface area contributed by atoms with Crippen molar-refractivity contribution in [2.24, 2.45) is 5.92 Å². The summed E-state index contributed by atoms with van der Waals surface area (Å²) in [5.74, 6) is 2.04. The van der Waals surface area contributed by atoms with Crippen molar-refractivity contribution in [3.8, 4) is 0 Å². The van der Waals surface area contributed by atoms with E-state index in [4.69, 9.17) is 4.52 Å². The Morgan fingerprint density at radius 2 is 1.79 bits per heavy atom. The maximum absolute atomic E-state index is 5.35. The number of hydrogen-bond acceptors (Lipinski definition) is 2. The first-order valence-electron chi connectivity index (χ1n) is 5.29. The average Bonchev–Trinajstić information content (AvgIpc) is 2.49. The highest BCUT2D eigenvalue weighted by Gasteiger charge is 2.22. The number of rotatable bonds is 2. The van der Waals surface area contributed by atoms with Gasteiger partial charge in [0.2, 0.25) is 0 Å². The van der Waals surface area contributed by atoms with Gasteiger partial charge in [0.1, 0.15) is 5.76 Å². The third-order valence-electron chi connectivity index (χ3n) is 2.73. The Balaban J connectivity index is 2.89. The molecule has 0 unspecified atom stereocenters. The first-order chi connectivity index (χ1) is 6.32. The van der Waals surface area contributed by atoms with Gasteiger partial charge in [-0.15, -0.1) is 0 Å². The summed E-state index contributed by atoms with van der Waals surface area (Å²) in [6, 6.07) is 2.09. The van der Waals surface area contributed by atoms with Gasteiger partial charge >= 0.3 is 0 Å². The Labute approximate surface area is 86.7 Å². The quantitative estimate of drug-likeness (QED) is 0.718. The van der Waals surface area contributed by atoms with E-state index in [-0.39, 0.29) is 5.41 Å². The molecule has 1 heterocycles. The third kappa shape index (κ3) is 2.37. The second-order valence-electron chi connectivity index (χ2n) is 5.40. The fraction of sp³-hybridized carbons (Fsp3) is 0.750.